The molecule has 22 heavy (non-hydrogen) atoms. The fourth-order valence-electron chi connectivity index (χ4n) is 2.37. The molecule has 2 aromatic rings. The summed E-state index contributed by atoms with van der Waals surface area (Å²) < 4.78 is 5.90. The second kappa shape index (κ2) is 6.65. The third-order valence-corrected chi connectivity index (χ3v) is 3.81. The van der Waals surface area contributed by atoms with Crippen LogP contribution in [0.1, 0.15) is 30.9 Å². The van der Waals surface area contributed by atoms with Gasteiger partial charge >= 0.3 is 0 Å². The molecule has 0 aliphatic heterocycles. The monoisotopic (exact) mass is 295 g/mol. The van der Waals surface area contributed by atoms with Crippen LogP contribution in [0.2, 0.25) is 0 Å². The third-order valence-electron chi connectivity index (χ3n) is 3.81. The Bertz CT molecular complexity index is 635. The fraction of sp³-hybridized carbons (Fsp3) is 0.316. The van der Waals surface area contributed by atoms with Crippen LogP contribution in [0, 0.1) is 0 Å². The van der Waals surface area contributed by atoms with E-state index in [-0.39, 0.29) is 5.91 Å². The van der Waals surface area contributed by atoms with Crippen LogP contribution in [-0.2, 0) is 11.2 Å². The Morgan fingerprint density at radius 1 is 1.14 bits per heavy atom. The fourth-order valence-corrected chi connectivity index (χ4v) is 2.37. The number of benzene rings is 2. The van der Waals surface area contributed by atoms with E-state index in [1.807, 2.05) is 42.5 Å². The minimum absolute atomic E-state index is 0.0305. The maximum Gasteiger partial charge on any atom is 0.260 e. The van der Waals surface area contributed by atoms with E-state index < -0.39 is 6.10 Å². The van der Waals surface area contributed by atoms with Crippen LogP contribution in [0.5, 0.6) is 5.75 Å². The minimum Gasteiger partial charge on any atom is -0.481 e. The first-order valence-corrected chi connectivity index (χ1v) is 7.81. The molecular formula is C19H21NO2. The van der Waals surface area contributed by atoms with Crippen LogP contribution in [-0.4, -0.2) is 18.1 Å². The number of hydrogen-bond donors (Lipinski definition) is 1. The second-order valence-electron chi connectivity index (χ2n) is 5.81. The van der Waals surface area contributed by atoms with Crippen LogP contribution >= 0.6 is 0 Å². The summed E-state index contributed by atoms with van der Waals surface area (Å²) in [6, 6.07) is 18.5. The molecular weight excluding hydrogens is 274 g/mol. The van der Waals surface area contributed by atoms with Gasteiger partial charge in [-0.1, -0.05) is 48.5 Å². The highest BCUT2D eigenvalue weighted by molar-refractivity contribution is 5.81. The van der Waals surface area contributed by atoms with Crippen molar-refractivity contribution in [1.82, 2.24) is 5.32 Å². The van der Waals surface area contributed by atoms with Crippen LogP contribution in [0.15, 0.2) is 54.6 Å². The first kappa shape index (κ1) is 14.6. The zero-order valence-corrected chi connectivity index (χ0v) is 12.8. The summed E-state index contributed by atoms with van der Waals surface area (Å²) in [5.74, 6) is 0.752. The summed E-state index contributed by atoms with van der Waals surface area (Å²) in [6.45, 7) is 1.80. The largest absolute Gasteiger partial charge is 0.481 e. The molecule has 1 amide bonds. The van der Waals surface area contributed by atoms with Crippen LogP contribution < -0.4 is 10.1 Å². The molecule has 1 aliphatic rings. The average Bonchev–Trinajstić information content (AvgIpc) is 3.34. The topological polar surface area (TPSA) is 38.3 Å². The normalized spacial score (nSPS) is 15.1. The van der Waals surface area contributed by atoms with Gasteiger partial charge in [-0.15, -0.1) is 0 Å². The Labute approximate surface area is 131 Å². The second-order valence-corrected chi connectivity index (χ2v) is 5.81. The summed E-state index contributed by atoms with van der Waals surface area (Å²) in [6.07, 6.45) is 2.50. The predicted molar refractivity (Wildman–Crippen MR) is 86.9 cm³/mol. The Morgan fingerprint density at radius 2 is 1.82 bits per heavy atom. The highest BCUT2D eigenvalue weighted by Gasteiger charge is 2.26. The van der Waals surface area contributed by atoms with Crippen molar-refractivity contribution in [2.45, 2.75) is 38.3 Å². The first-order chi connectivity index (χ1) is 10.7. The smallest absolute Gasteiger partial charge is 0.260 e. The number of amides is 1. The van der Waals surface area contributed by atoms with Crippen molar-refractivity contribution in [1.29, 1.82) is 0 Å². The van der Waals surface area contributed by atoms with Crippen molar-refractivity contribution >= 4 is 5.91 Å². The molecule has 0 radical (unpaired) electrons. The summed E-state index contributed by atoms with van der Waals surface area (Å²) in [7, 11) is 0. The molecule has 1 atom stereocenters. The SMILES string of the molecule is CC(Oc1ccccc1Cc1ccccc1)C(=O)NC1CC1. The Hall–Kier alpha value is -2.29. The lowest BCUT2D eigenvalue weighted by molar-refractivity contribution is -0.127. The van der Waals surface area contributed by atoms with E-state index in [9.17, 15) is 4.79 Å². The molecule has 0 heterocycles. The number of ether oxygens (including phenoxy) is 1. The number of carbonyl (C=O) groups is 1. The Kier molecular flexibility index (Phi) is 4.42. The molecule has 0 aromatic heterocycles. The summed E-state index contributed by atoms with van der Waals surface area (Å²) in [5.41, 5.74) is 2.33. The zero-order chi connectivity index (χ0) is 15.4. The van der Waals surface area contributed by atoms with Gasteiger partial charge in [-0.25, -0.2) is 0 Å². The van der Waals surface area contributed by atoms with Gasteiger partial charge in [0.1, 0.15) is 5.75 Å². The first-order valence-electron chi connectivity index (χ1n) is 7.81. The van der Waals surface area contributed by atoms with Gasteiger partial charge in [-0.3, -0.25) is 4.79 Å². The maximum absolute atomic E-state index is 12.0. The van der Waals surface area contributed by atoms with Crippen molar-refractivity contribution in [3.63, 3.8) is 0 Å². The minimum atomic E-state index is -0.475. The number of hydrogen-bond acceptors (Lipinski definition) is 2. The van der Waals surface area contributed by atoms with Gasteiger partial charge < -0.3 is 10.1 Å². The van der Waals surface area contributed by atoms with E-state index >= 15 is 0 Å². The van der Waals surface area contributed by atoms with Crippen LogP contribution in [0.4, 0.5) is 0 Å². The predicted octanol–water partition coefficient (Wildman–Crippen LogP) is 3.32. The average molecular weight is 295 g/mol. The lowest BCUT2D eigenvalue weighted by Gasteiger charge is -2.17. The van der Waals surface area contributed by atoms with Gasteiger partial charge in [0.2, 0.25) is 0 Å². The summed E-state index contributed by atoms with van der Waals surface area (Å²) in [5, 5.41) is 2.98. The molecule has 2 aromatic carbocycles. The van der Waals surface area contributed by atoms with E-state index in [0.717, 1.165) is 30.6 Å². The molecule has 0 saturated heterocycles. The lowest BCUT2D eigenvalue weighted by Crippen LogP contribution is -2.37. The van der Waals surface area contributed by atoms with Gasteiger partial charge in [0.15, 0.2) is 6.10 Å². The van der Waals surface area contributed by atoms with Gasteiger partial charge in [0.25, 0.3) is 5.91 Å². The van der Waals surface area contributed by atoms with Crippen LogP contribution in [0.3, 0.4) is 0 Å². The number of nitrogens with one attached hydrogen (secondary N) is 1. The molecule has 1 N–H and O–H groups in total. The molecule has 3 rings (SSSR count). The number of carbonyl (C=O) groups excluding carboxylic acids is 1. The van der Waals surface area contributed by atoms with Gasteiger partial charge in [0, 0.05) is 12.5 Å². The Morgan fingerprint density at radius 3 is 2.55 bits per heavy atom. The maximum atomic E-state index is 12.0. The highest BCUT2D eigenvalue weighted by Crippen LogP contribution is 2.23. The van der Waals surface area contributed by atoms with Crippen molar-refractivity contribution < 1.29 is 9.53 Å². The molecule has 1 unspecified atom stereocenters. The van der Waals surface area contributed by atoms with Crippen molar-refractivity contribution in [2.75, 3.05) is 0 Å². The highest BCUT2D eigenvalue weighted by atomic mass is 16.5. The van der Waals surface area contributed by atoms with Crippen molar-refractivity contribution in [3.8, 4) is 5.75 Å². The number of rotatable bonds is 6. The van der Waals surface area contributed by atoms with E-state index in [0.29, 0.717) is 6.04 Å². The van der Waals surface area contributed by atoms with Gasteiger partial charge in [-0.2, -0.15) is 0 Å². The standard InChI is InChI=1S/C19H21NO2/c1-14(19(21)20-17-11-12-17)22-18-10-6-5-9-16(18)13-15-7-3-2-4-8-15/h2-10,14,17H,11-13H2,1H3,(H,20,21). The Balaban J connectivity index is 1.69. The quantitative estimate of drug-likeness (QED) is 0.888. The molecule has 0 spiro atoms. The molecule has 1 saturated carbocycles. The van der Waals surface area contributed by atoms with Crippen molar-refractivity contribution in [3.05, 3.63) is 65.7 Å². The van der Waals surface area contributed by atoms with Gasteiger partial charge in [-0.05, 0) is 37.0 Å². The molecule has 3 nitrogen and oxygen atoms in total. The van der Waals surface area contributed by atoms with Crippen molar-refractivity contribution in [2.24, 2.45) is 0 Å². The van der Waals surface area contributed by atoms with E-state index in [1.165, 1.54) is 5.56 Å². The molecule has 1 fully saturated rings. The summed E-state index contributed by atoms with van der Waals surface area (Å²) in [4.78, 5) is 12.0. The number of para-hydroxylation sites is 1. The van der Waals surface area contributed by atoms with E-state index in [4.69, 9.17) is 4.74 Å². The summed E-state index contributed by atoms with van der Waals surface area (Å²) >= 11 is 0. The van der Waals surface area contributed by atoms with Crippen LogP contribution in [0.25, 0.3) is 0 Å². The molecule has 3 heteroatoms. The lowest BCUT2D eigenvalue weighted by atomic mass is 10.0. The zero-order valence-electron chi connectivity index (χ0n) is 12.8. The van der Waals surface area contributed by atoms with E-state index in [2.05, 4.69) is 17.4 Å². The van der Waals surface area contributed by atoms with Gasteiger partial charge in [0.05, 0.1) is 0 Å². The van der Waals surface area contributed by atoms with E-state index in [1.54, 1.807) is 6.92 Å². The third kappa shape index (κ3) is 3.88. The molecule has 1 aliphatic carbocycles. The molecule has 114 valence electrons. The molecule has 0 bridgehead atoms.